The molecule has 0 radical (unpaired) electrons. The molecule has 2 aromatic rings. The van der Waals surface area contributed by atoms with E-state index in [1.807, 2.05) is 18.2 Å². The second kappa shape index (κ2) is 8.20. The summed E-state index contributed by atoms with van der Waals surface area (Å²) in [5.74, 6) is 0. The highest BCUT2D eigenvalue weighted by molar-refractivity contribution is 5.62. The van der Waals surface area contributed by atoms with Gasteiger partial charge in [-0.3, -0.25) is 0 Å². The van der Waals surface area contributed by atoms with E-state index in [0.29, 0.717) is 12.1 Å². The summed E-state index contributed by atoms with van der Waals surface area (Å²) >= 11 is 0. The van der Waals surface area contributed by atoms with Crippen LogP contribution in [0.3, 0.4) is 0 Å². The summed E-state index contributed by atoms with van der Waals surface area (Å²) in [4.78, 5) is 0. The quantitative estimate of drug-likeness (QED) is 0.608. The van der Waals surface area contributed by atoms with Crippen molar-refractivity contribution in [3.05, 3.63) is 54.6 Å². The molecule has 0 fully saturated rings. The molecular formula is C21H31N3. The number of benzene rings is 2. The van der Waals surface area contributed by atoms with E-state index in [1.54, 1.807) is 0 Å². The lowest BCUT2D eigenvalue weighted by Crippen LogP contribution is -2.46. The number of hydrogen-bond acceptors (Lipinski definition) is 3. The van der Waals surface area contributed by atoms with E-state index in [2.05, 4.69) is 87.0 Å². The molecule has 130 valence electrons. The van der Waals surface area contributed by atoms with E-state index in [9.17, 15) is 0 Å². The van der Waals surface area contributed by atoms with Gasteiger partial charge in [0.15, 0.2) is 0 Å². The monoisotopic (exact) mass is 325 g/mol. The number of para-hydroxylation sites is 1. The summed E-state index contributed by atoms with van der Waals surface area (Å²) in [5.41, 5.74) is 3.48. The molecule has 1 unspecified atom stereocenters. The first-order chi connectivity index (χ1) is 11.3. The average molecular weight is 326 g/mol. The highest BCUT2D eigenvalue weighted by atomic mass is 15.0. The second-order valence-corrected chi connectivity index (χ2v) is 7.50. The minimum absolute atomic E-state index is 0.120. The Balaban J connectivity index is 1.89. The summed E-state index contributed by atoms with van der Waals surface area (Å²) in [7, 11) is 0. The normalized spacial score (nSPS) is 12.9. The van der Waals surface area contributed by atoms with Crippen LogP contribution in [0.5, 0.6) is 0 Å². The van der Waals surface area contributed by atoms with Gasteiger partial charge in [0.2, 0.25) is 0 Å². The van der Waals surface area contributed by atoms with Gasteiger partial charge in [0.25, 0.3) is 0 Å². The molecule has 0 aliphatic heterocycles. The standard InChI is InChI=1S/C21H31N3/c1-16(2)24-21(4,5)15-17(3)22-19-11-13-20(14-12-19)23-18-9-7-6-8-10-18/h6-14,16-17,22-24H,15H2,1-5H3. The largest absolute Gasteiger partial charge is 0.383 e. The second-order valence-electron chi connectivity index (χ2n) is 7.50. The summed E-state index contributed by atoms with van der Waals surface area (Å²) in [5, 5.41) is 10.6. The maximum absolute atomic E-state index is 3.62. The molecule has 3 heteroatoms. The lowest BCUT2D eigenvalue weighted by molar-refractivity contribution is 0.321. The molecule has 0 aliphatic carbocycles. The van der Waals surface area contributed by atoms with Crippen molar-refractivity contribution in [2.24, 2.45) is 0 Å². The molecule has 0 aromatic heterocycles. The molecule has 0 spiro atoms. The average Bonchev–Trinajstić information content (AvgIpc) is 2.48. The van der Waals surface area contributed by atoms with E-state index in [-0.39, 0.29) is 5.54 Å². The van der Waals surface area contributed by atoms with Crippen molar-refractivity contribution in [1.82, 2.24) is 5.32 Å². The van der Waals surface area contributed by atoms with Crippen molar-refractivity contribution in [3.63, 3.8) is 0 Å². The van der Waals surface area contributed by atoms with Gasteiger partial charge in [0, 0.05) is 34.7 Å². The fourth-order valence-corrected chi connectivity index (χ4v) is 3.28. The maximum Gasteiger partial charge on any atom is 0.0385 e. The lowest BCUT2D eigenvalue weighted by Gasteiger charge is -2.32. The van der Waals surface area contributed by atoms with Gasteiger partial charge >= 0.3 is 0 Å². The third kappa shape index (κ3) is 6.25. The molecule has 3 nitrogen and oxygen atoms in total. The highest BCUT2D eigenvalue weighted by Gasteiger charge is 2.21. The van der Waals surface area contributed by atoms with E-state index in [0.717, 1.165) is 23.5 Å². The zero-order chi connectivity index (χ0) is 17.6. The van der Waals surface area contributed by atoms with Crippen LogP contribution in [0.1, 0.15) is 41.0 Å². The number of nitrogens with one attached hydrogen (secondary N) is 3. The van der Waals surface area contributed by atoms with Crippen LogP contribution in [-0.4, -0.2) is 17.6 Å². The summed E-state index contributed by atoms with van der Waals surface area (Å²) < 4.78 is 0. The molecule has 0 heterocycles. The molecule has 1 atom stereocenters. The van der Waals surface area contributed by atoms with Crippen molar-refractivity contribution >= 4 is 17.1 Å². The molecule has 3 N–H and O–H groups in total. The zero-order valence-electron chi connectivity index (χ0n) is 15.6. The molecule has 24 heavy (non-hydrogen) atoms. The van der Waals surface area contributed by atoms with Gasteiger partial charge in [-0.2, -0.15) is 0 Å². The minimum Gasteiger partial charge on any atom is -0.383 e. The Kier molecular flexibility index (Phi) is 6.27. The molecule has 0 saturated heterocycles. The van der Waals surface area contributed by atoms with E-state index in [4.69, 9.17) is 0 Å². The Labute approximate surface area is 146 Å². The smallest absolute Gasteiger partial charge is 0.0385 e. The third-order valence-electron chi connectivity index (χ3n) is 3.86. The number of hydrogen-bond donors (Lipinski definition) is 3. The first-order valence-corrected chi connectivity index (χ1v) is 8.80. The van der Waals surface area contributed by atoms with Gasteiger partial charge < -0.3 is 16.0 Å². The summed E-state index contributed by atoms with van der Waals surface area (Å²) in [6.45, 7) is 11.1. The highest BCUT2D eigenvalue weighted by Crippen LogP contribution is 2.21. The Bertz CT molecular complexity index is 603. The van der Waals surface area contributed by atoms with Crippen molar-refractivity contribution in [2.75, 3.05) is 10.6 Å². The van der Waals surface area contributed by atoms with Gasteiger partial charge in [0.1, 0.15) is 0 Å². The van der Waals surface area contributed by atoms with Crippen molar-refractivity contribution in [2.45, 2.75) is 58.7 Å². The van der Waals surface area contributed by atoms with Crippen LogP contribution in [0, 0.1) is 0 Å². The predicted molar refractivity (Wildman–Crippen MR) is 106 cm³/mol. The van der Waals surface area contributed by atoms with E-state index in [1.165, 1.54) is 0 Å². The molecule has 0 aliphatic rings. The van der Waals surface area contributed by atoms with Crippen molar-refractivity contribution in [3.8, 4) is 0 Å². The number of anilines is 3. The third-order valence-corrected chi connectivity index (χ3v) is 3.86. The molecule has 0 bridgehead atoms. The predicted octanol–water partition coefficient (Wildman–Crippen LogP) is 5.40. The van der Waals surface area contributed by atoms with Crippen LogP contribution >= 0.6 is 0 Å². The lowest BCUT2D eigenvalue weighted by atomic mass is 9.95. The minimum atomic E-state index is 0.120. The van der Waals surface area contributed by atoms with Gasteiger partial charge in [0.05, 0.1) is 0 Å². The number of rotatable bonds is 8. The molecule has 2 aromatic carbocycles. The van der Waals surface area contributed by atoms with Gasteiger partial charge in [-0.05, 0) is 63.6 Å². The first-order valence-electron chi connectivity index (χ1n) is 8.80. The van der Waals surface area contributed by atoms with Gasteiger partial charge in [-0.15, -0.1) is 0 Å². The summed E-state index contributed by atoms with van der Waals surface area (Å²) in [6.07, 6.45) is 1.06. The maximum atomic E-state index is 3.62. The zero-order valence-corrected chi connectivity index (χ0v) is 15.6. The Morgan fingerprint density at radius 3 is 1.92 bits per heavy atom. The van der Waals surface area contributed by atoms with Crippen LogP contribution in [-0.2, 0) is 0 Å². The molecular weight excluding hydrogens is 294 g/mol. The van der Waals surface area contributed by atoms with Gasteiger partial charge in [-0.25, -0.2) is 0 Å². The Morgan fingerprint density at radius 2 is 1.33 bits per heavy atom. The van der Waals surface area contributed by atoms with Crippen LogP contribution in [0.25, 0.3) is 0 Å². The Hall–Kier alpha value is -2.00. The van der Waals surface area contributed by atoms with Crippen LogP contribution in [0.2, 0.25) is 0 Å². The molecule has 0 saturated carbocycles. The molecule has 2 rings (SSSR count). The Morgan fingerprint density at radius 1 is 0.792 bits per heavy atom. The van der Waals surface area contributed by atoms with Crippen molar-refractivity contribution < 1.29 is 0 Å². The molecule has 0 amide bonds. The van der Waals surface area contributed by atoms with Crippen LogP contribution in [0.4, 0.5) is 17.1 Å². The fourth-order valence-electron chi connectivity index (χ4n) is 3.28. The van der Waals surface area contributed by atoms with Crippen LogP contribution < -0.4 is 16.0 Å². The van der Waals surface area contributed by atoms with E-state index >= 15 is 0 Å². The topological polar surface area (TPSA) is 36.1 Å². The van der Waals surface area contributed by atoms with Crippen LogP contribution in [0.15, 0.2) is 54.6 Å². The van der Waals surface area contributed by atoms with E-state index < -0.39 is 0 Å². The first kappa shape index (κ1) is 18.3. The van der Waals surface area contributed by atoms with Crippen molar-refractivity contribution in [1.29, 1.82) is 0 Å². The SMILES string of the molecule is CC(C)NC(C)(C)CC(C)Nc1ccc(Nc2ccccc2)cc1. The van der Waals surface area contributed by atoms with Gasteiger partial charge in [-0.1, -0.05) is 32.0 Å². The summed E-state index contributed by atoms with van der Waals surface area (Å²) in [6, 6.07) is 19.6. The fraction of sp³-hybridized carbons (Fsp3) is 0.429.